The van der Waals surface area contributed by atoms with Crippen LogP contribution in [0, 0.1) is 34.6 Å². The monoisotopic (exact) mass is 650 g/mol. The lowest BCUT2D eigenvalue weighted by Gasteiger charge is -2.30. The van der Waals surface area contributed by atoms with Crippen LogP contribution in [0.2, 0.25) is 0 Å². The minimum atomic E-state index is 0.101. The van der Waals surface area contributed by atoms with Crippen molar-refractivity contribution in [3.05, 3.63) is 191 Å². The van der Waals surface area contributed by atoms with Gasteiger partial charge in [0.1, 0.15) is 0 Å². The van der Waals surface area contributed by atoms with Gasteiger partial charge in [-0.05, 0) is 120 Å². The van der Waals surface area contributed by atoms with Crippen molar-refractivity contribution >= 4 is 10.8 Å². The van der Waals surface area contributed by atoms with Gasteiger partial charge >= 0.3 is 0 Å². The standard InChI is InChI=1S/C28H26.C15H16.C7H8/c1-4-28(5-2)25-17-19(3)15-16-23(25)27-22-14-10-9-13-21(22)24(18-26(27)28)20-11-7-6-8-12-20;1-11-8-9-13(3)15(10-11)14-7-5-4-6-12(14)2;1-7-5-3-2-4-6-7/h6-18H,4-5H2,1-3H3;4-10H,1-3H3;2-6H,1H3. The van der Waals surface area contributed by atoms with Crippen molar-refractivity contribution in [3.63, 3.8) is 0 Å². The molecule has 0 fully saturated rings. The van der Waals surface area contributed by atoms with Gasteiger partial charge in [0.05, 0.1) is 0 Å². The molecule has 0 saturated carbocycles. The van der Waals surface area contributed by atoms with Crippen molar-refractivity contribution in [2.75, 3.05) is 0 Å². The molecule has 8 rings (SSSR count). The SMILES string of the molecule is CCC1(CC)c2cc(C)ccc2-c2c1cc(-c1ccccc1)c1ccccc21.Cc1ccc(C)c(-c2ccccc2C)c1.Cc1ccccc1. The Kier molecular flexibility index (Phi) is 10.5. The van der Waals surface area contributed by atoms with E-state index in [0.717, 1.165) is 12.8 Å². The molecule has 0 heteroatoms. The molecule has 250 valence electrons. The van der Waals surface area contributed by atoms with Crippen LogP contribution < -0.4 is 0 Å². The maximum atomic E-state index is 2.50. The summed E-state index contributed by atoms with van der Waals surface area (Å²) in [4.78, 5) is 0. The summed E-state index contributed by atoms with van der Waals surface area (Å²) in [5, 5.41) is 2.73. The quantitative estimate of drug-likeness (QED) is 0.178. The summed E-state index contributed by atoms with van der Waals surface area (Å²) >= 11 is 0. The third-order valence-corrected chi connectivity index (χ3v) is 10.6. The molecular formula is C50H50. The van der Waals surface area contributed by atoms with E-state index in [1.165, 1.54) is 83.1 Å². The summed E-state index contributed by atoms with van der Waals surface area (Å²) < 4.78 is 0. The van der Waals surface area contributed by atoms with Gasteiger partial charge in [0.15, 0.2) is 0 Å². The van der Waals surface area contributed by atoms with Crippen molar-refractivity contribution < 1.29 is 0 Å². The van der Waals surface area contributed by atoms with Gasteiger partial charge in [0.2, 0.25) is 0 Å². The van der Waals surface area contributed by atoms with E-state index in [4.69, 9.17) is 0 Å². The van der Waals surface area contributed by atoms with Gasteiger partial charge in [0, 0.05) is 5.41 Å². The molecule has 0 N–H and O–H groups in total. The second-order valence-corrected chi connectivity index (χ2v) is 13.9. The molecule has 0 amide bonds. The Labute approximate surface area is 300 Å². The molecule has 0 atom stereocenters. The third kappa shape index (κ3) is 6.81. The van der Waals surface area contributed by atoms with Crippen LogP contribution in [0.5, 0.6) is 0 Å². The summed E-state index contributed by atoms with van der Waals surface area (Å²) in [5.74, 6) is 0. The minimum absolute atomic E-state index is 0.101. The molecule has 0 heterocycles. The molecule has 0 spiro atoms. The summed E-state index contributed by atoms with van der Waals surface area (Å²) in [7, 11) is 0. The Bertz CT molecular complexity index is 2220. The van der Waals surface area contributed by atoms with Crippen molar-refractivity contribution in [3.8, 4) is 33.4 Å². The third-order valence-electron chi connectivity index (χ3n) is 10.6. The van der Waals surface area contributed by atoms with E-state index in [-0.39, 0.29) is 5.41 Å². The highest BCUT2D eigenvalue weighted by atomic mass is 14.4. The average molecular weight is 651 g/mol. The lowest BCUT2D eigenvalue weighted by molar-refractivity contribution is 0.490. The van der Waals surface area contributed by atoms with Gasteiger partial charge in [-0.25, -0.2) is 0 Å². The Morgan fingerprint density at radius 2 is 0.940 bits per heavy atom. The van der Waals surface area contributed by atoms with Gasteiger partial charge in [-0.1, -0.05) is 176 Å². The van der Waals surface area contributed by atoms with Crippen LogP contribution in [0.3, 0.4) is 0 Å². The highest BCUT2D eigenvalue weighted by Crippen LogP contribution is 2.56. The molecule has 0 unspecified atom stereocenters. The molecule has 0 nitrogen and oxygen atoms in total. The number of hydrogen-bond donors (Lipinski definition) is 0. The summed E-state index contributed by atoms with van der Waals surface area (Å²) in [5.41, 5.74) is 18.0. The van der Waals surface area contributed by atoms with Crippen LogP contribution in [0.15, 0.2) is 152 Å². The zero-order chi connectivity index (χ0) is 35.3. The fraction of sp³-hybridized carbons (Fsp3) is 0.200. The first-order valence-corrected chi connectivity index (χ1v) is 18.2. The summed E-state index contributed by atoms with van der Waals surface area (Å²) in [6.45, 7) is 15.5. The first-order chi connectivity index (χ1) is 24.3. The summed E-state index contributed by atoms with van der Waals surface area (Å²) in [6, 6.07) is 54.8. The lowest BCUT2D eigenvalue weighted by atomic mass is 9.73. The number of aryl methyl sites for hydroxylation is 5. The Morgan fingerprint density at radius 1 is 0.380 bits per heavy atom. The van der Waals surface area contributed by atoms with Gasteiger partial charge in [-0.2, -0.15) is 0 Å². The van der Waals surface area contributed by atoms with Gasteiger partial charge in [0.25, 0.3) is 0 Å². The lowest BCUT2D eigenvalue weighted by Crippen LogP contribution is -2.23. The number of hydrogen-bond acceptors (Lipinski definition) is 0. The molecule has 1 aliphatic carbocycles. The Morgan fingerprint density at radius 3 is 1.58 bits per heavy atom. The first kappa shape index (κ1) is 34.7. The highest BCUT2D eigenvalue weighted by Gasteiger charge is 2.41. The fourth-order valence-corrected chi connectivity index (χ4v) is 7.76. The largest absolute Gasteiger partial charge is 0.0642 e. The van der Waals surface area contributed by atoms with E-state index in [0.29, 0.717) is 0 Å². The predicted octanol–water partition coefficient (Wildman–Crippen LogP) is 14.2. The Balaban J connectivity index is 0.000000163. The van der Waals surface area contributed by atoms with Crippen LogP contribution in [0.4, 0.5) is 0 Å². The number of fused-ring (bicyclic) bond motifs is 5. The maximum Gasteiger partial charge on any atom is 0.0210 e. The molecule has 0 saturated heterocycles. The second-order valence-electron chi connectivity index (χ2n) is 13.9. The first-order valence-electron chi connectivity index (χ1n) is 18.2. The van der Waals surface area contributed by atoms with Crippen LogP contribution in [-0.4, -0.2) is 0 Å². The normalized spacial score (nSPS) is 12.2. The van der Waals surface area contributed by atoms with E-state index in [1.807, 2.05) is 18.2 Å². The smallest absolute Gasteiger partial charge is 0.0210 e. The molecule has 0 aromatic heterocycles. The van der Waals surface area contributed by atoms with Crippen molar-refractivity contribution in [2.45, 2.75) is 66.7 Å². The van der Waals surface area contributed by atoms with E-state index < -0.39 is 0 Å². The Hall–Kier alpha value is -5.20. The second kappa shape index (κ2) is 15.1. The fourth-order valence-electron chi connectivity index (χ4n) is 7.76. The van der Waals surface area contributed by atoms with Crippen LogP contribution in [0.25, 0.3) is 44.2 Å². The number of rotatable bonds is 4. The molecule has 50 heavy (non-hydrogen) atoms. The van der Waals surface area contributed by atoms with E-state index in [1.54, 1.807) is 0 Å². The molecule has 1 aliphatic rings. The van der Waals surface area contributed by atoms with E-state index in [9.17, 15) is 0 Å². The molecule has 0 aliphatic heterocycles. The zero-order valence-corrected chi connectivity index (χ0v) is 30.8. The molecule has 7 aromatic carbocycles. The van der Waals surface area contributed by atoms with Crippen molar-refractivity contribution in [1.29, 1.82) is 0 Å². The minimum Gasteiger partial charge on any atom is -0.0642 e. The van der Waals surface area contributed by atoms with Gasteiger partial charge in [-0.3, -0.25) is 0 Å². The van der Waals surface area contributed by atoms with Gasteiger partial charge in [-0.15, -0.1) is 0 Å². The summed E-state index contributed by atoms with van der Waals surface area (Å²) in [6.07, 6.45) is 2.25. The number of benzene rings is 7. The van der Waals surface area contributed by atoms with Crippen LogP contribution >= 0.6 is 0 Å². The molecule has 0 bridgehead atoms. The zero-order valence-electron chi connectivity index (χ0n) is 30.8. The van der Waals surface area contributed by atoms with Crippen molar-refractivity contribution in [2.24, 2.45) is 0 Å². The predicted molar refractivity (Wildman–Crippen MR) is 218 cm³/mol. The highest BCUT2D eigenvalue weighted by molar-refractivity contribution is 6.09. The molecular weight excluding hydrogens is 601 g/mol. The topological polar surface area (TPSA) is 0 Å². The van der Waals surface area contributed by atoms with Crippen LogP contribution in [-0.2, 0) is 5.41 Å². The maximum absolute atomic E-state index is 2.50. The molecule has 0 radical (unpaired) electrons. The van der Waals surface area contributed by atoms with Crippen molar-refractivity contribution in [1.82, 2.24) is 0 Å². The van der Waals surface area contributed by atoms with Gasteiger partial charge < -0.3 is 0 Å². The van der Waals surface area contributed by atoms with Crippen LogP contribution in [0.1, 0.15) is 65.6 Å². The van der Waals surface area contributed by atoms with E-state index >= 15 is 0 Å². The molecule has 7 aromatic rings. The van der Waals surface area contributed by atoms with E-state index in [2.05, 4.69) is 182 Å². The average Bonchev–Trinajstić information content (AvgIpc) is 3.42.